The van der Waals surface area contributed by atoms with Crippen LogP contribution in [0, 0.1) is 6.92 Å². The average molecular weight is 562 g/mol. The molecule has 0 spiro atoms. The van der Waals surface area contributed by atoms with E-state index in [2.05, 4.69) is 15.5 Å². The fraction of sp³-hybridized carbons (Fsp3) is 0.0909. The highest BCUT2D eigenvalue weighted by Crippen LogP contribution is 2.33. The maximum atomic E-state index is 13.3. The van der Waals surface area contributed by atoms with Crippen LogP contribution < -0.4 is 19.6 Å². The standard InChI is InChI=1S/C33H27N3O6/c1-20-13-15-26-25(17-20)30(22-9-5-4-6-10-22)31(35-26)32(38)36-34-19-24-11-7-8-12-27(24)42-33(39)23-14-16-28(41-21(2)37)29(18-23)40-3/h4-19,35H,1-3H3,(H,36,38). The van der Waals surface area contributed by atoms with Gasteiger partial charge in [0.25, 0.3) is 5.91 Å². The van der Waals surface area contributed by atoms with Crippen LogP contribution in [0.5, 0.6) is 17.2 Å². The Balaban J connectivity index is 1.36. The van der Waals surface area contributed by atoms with Crippen LogP contribution in [0.3, 0.4) is 0 Å². The highest BCUT2D eigenvalue weighted by molar-refractivity contribution is 6.10. The number of H-pyrrole nitrogens is 1. The number of carbonyl (C=O) groups is 3. The van der Waals surface area contributed by atoms with Gasteiger partial charge in [-0.1, -0.05) is 54.1 Å². The summed E-state index contributed by atoms with van der Waals surface area (Å²) in [5.41, 5.74) is 7.21. The Hall–Kier alpha value is -5.70. The van der Waals surface area contributed by atoms with Gasteiger partial charge in [-0.2, -0.15) is 5.10 Å². The maximum absolute atomic E-state index is 13.3. The quantitative estimate of drug-likeness (QED) is 0.103. The molecule has 9 nitrogen and oxygen atoms in total. The molecule has 1 amide bonds. The summed E-state index contributed by atoms with van der Waals surface area (Å²) < 4.78 is 15.9. The molecule has 2 N–H and O–H groups in total. The van der Waals surface area contributed by atoms with Crippen LogP contribution in [0.2, 0.25) is 0 Å². The first-order chi connectivity index (χ1) is 20.3. The lowest BCUT2D eigenvalue weighted by Crippen LogP contribution is -2.19. The molecule has 1 aromatic heterocycles. The van der Waals surface area contributed by atoms with Crippen LogP contribution in [0.1, 0.15) is 38.9 Å². The second-order valence-corrected chi connectivity index (χ2v) is 9.38. The first-order valence-electron chi connectivity index (χ1n) is 13.0. The van der Waals surface area contributed by atoms with E-state index < -0.39 is 17.8 Å². The van der Waals surface area contributed by atoms with Gasteiger partial charge in [0.15, 0.2) is 11.5 Å². The Morgan fingerprint density at radius 2 is 1.60 bits per heavy atom. The van der Waals surface area contributed by atoms with Gasteiger partial charge in [0, 0.05) is 29.0 Å². The van der Waals surface area contributed by atoms with Crippen molar-refractivity contribution in [1.29, 1.82) is 0 Å². The highest BCUT2D eigenvalue weighted by atomic mass is 16.6. The zero-order chi connectivity index (χ0) is 29.6. The number of hydrogen-bond donors (Lipinski definition) is 2. The number of aromatic amines is 1. The van der Waals surface area contributed by atoms with Gasteiger partial charge in [0.2, 0.25) is 0 Å². The summed E-state index contributed by atoms with van der Waals surface area (Å²) in [6.45, 7) is 3.27. The predicted octanol–water partition coefficient (Wildman–Crippen LogP) is 6.06. The molecule has 0 atom stereocenters. The second kappa shape index (κ2) is 12.2. The molecule has 5 aromatic rings. The number of aromatic nitrogens is 1. The predicted molar refractivity (Wildman–Crippen MR) is 159 cm³/mol. The molecule has 42 heavy (non-hydrogen) atoms. The Kier molecular flexibility index (Phi) is 8.10. The third-order valence-electron chi connectivity index (χ3n) is 6.39. The number of nitrogens with zero attached hydrogens (tertiary/aromatic N) is 1. The number of para-hydroxylation sites is 1. The summed E-state index contributed by atoms with van der Waals surface area (Å²) in [5, 5.41) is 5.08. The molecule has 0 saturated carbocycles. The van der Waals surface area contributed by atoms with Gasteiger partial charge in [0.1, 0.15) is 11.4 Å². The number of carbonyl (C=O) groups excluding carboxylic acids is 3. The molecule has 210 valence electrons. The average Bonchev–Trinajstić information content (AvgIpc) is 3.37. The van der Waals surface area contributed by atoms with Crippen molar-refractivity contribution in [1.82, 2.24) is 10.4 Å². The van der Waals surface area contributed by atoms with Crippen LogP contribution in [-0.4, -0.2) is 36.2 Å². The maximum Gasteiger partial charge on any atom is 0.343 e. The molecule has 9 heteroatoms. The van der Waals surface area contributed by atoms with Crippen LogP contribution in [0.25, 0.3) is 22.0 Å². The van der Waals surface area contributed by atoms with Gasteiger partial charge in [-0.25, -0.2) is 10.2 Å². The Morgan fingerprint density at radius 1 is 0.833 bits per heavy atom. The van der Waals surface area contributed by atoms with Gasteiger partial charge in [-0.05, 0) is 55.0 Å². The zero-order valence-corrected chi connectivity index (χ0v) is 23.1. The second-order valence-electron chi connectivity index (χ2n) is 9.38. The summed E-state index contributed by atoms with van der Waals surface area (Å²) in [4.78, 5) is 40.8. The van der Waals surface area contributed by atoms with E-state index in [-0.39, 0.29) is 22.8 Å². The third-order valence-corrected chi connectivity index (χ3v) is 6.39. The Bertz CT molecular complexity index is 1820. The normalized spacial score (nSPS) is 10.9. The van der Waals surface area contributed by atoms with Crippen molar-refractivity contribution in [2.24, 2.45) is 5.10 Å². The van der Waals surface area contributed by atoms with Gasteiger partial charge in [-0.15, -0.1) is 0 Å². The van der Waals surface area contributed by atoms with Crippen molar-refractivity contribution in [2.75, 3.05) is 7.11 Å². The van der Waals surface area contributed by atoms with E-state index >= 15 is 0 Å². The van der Waals surface area contributed by atoms with E-state index in [0.717, 1.165) is 27.6 Å². The molecule has 0 saturated heterocycles. The Morgan fingerprint density at radius 3 is 2.36 bits per heavy atom. The number of rotatable bonds is 8. The van der Waals surface area contributed by atoms with Crippen molar-refractivity contribution in [3.05, 3.63) is 113 Å². The monoisotopic (exact) mass is 561 g/mol. The molecule has 0 unspecified atom stereocenters. The number of esters is 2. The number of methoxy groups -OCH3 is 1. The number of hydrazone groups is 1. The molecule has 0 aliphatic carbocycles. The number of benzene rings is 4. The van der Waals surface area contributed by atoms with Gasteiger partial charge < -0.3 is 19.2 Å². The van der Waals surface area contributed by atoms with E-state index in [1.54, 1.807) is 24.3 Å². The topological polar surface area (TPSA) is 119 Å². The molecule has 5 rings (SSSR count). The molecule has 0 radical (unpaired) electrons. The minimum atomic E-state index is -0.659. The van der Waals surface area contributed by atoms with Gasteiger partial charge in [-0.3, -0.25) is 9.59 Å². The molecule has 0 aliphatic heterocycles. The summed E-state index contributed by atoms with van der Waals surface area (Å²) in [5.74, 6) is -0.971. The molecule has 0 fully saturated rings. The first kappa shape index (κ1) is 27.9. The third kappa shape index (κ3) is 6.05. The fourth-order valence-electron chi connectivity index (χ4n) is 4.47. The molecule has 1 heterocycles. The summed E-state index contributed by atoms with van der Waals surface area (Å²) in [6, 6.07) is 26.8. The number of aryl methyl sites for hydroxylation is 1. The van der Waals surface area contributed by atoms with E-state index in [4.69, 9.17) is 14.2 Å². The summed E-state index contributed by atoms with van der Waals surface area (Å²) in [7, 11) is 1.40. The zero-order valence-electron chi connectivity index (χ0n) is 23.1. The SMILES string of the molecule is COc1cc(C(=O)Oc2ccccc2C=NNC(=O)c2[nH]c3ccc(C)cc3c2-c2ccccc2)ccc1OC(C)=O. The largest absolute Gasteiger partial charge is 0.493 e. The summed E-state index contributed by atoms with van der Waals surface area (Å²) in [6.07, 6.45) is 1.40. The van der Waals surface area contributed by atoms with E-state index in [1.807, 2.05) is 55.5 Å². The van der Waals surface area contributed by atoms with Crippen LogP contribution in [0.4, 0.5) is 0 Å². The van der Waals surface area contributed by atoms with Crippen molar-refractivity contribution in [3.8, 4) is 28.4 Å². The van der Waals surface area contributed by atoms with E-state index in [9.17, 15) is 14.4 Å². The number of ether oxygens (including phenoxy) is 3. The number of fused-ring (bicyclic) bond motifs is 1. The lowest BCUT2D eigenvalue weighted by molar-refractivity contribution is -0.132. The fourth-order valence-corrected chi connectivity index (χ4v) is 4.47. The minimum Gasteiger partial charge on any atom is -0.493 e. The van der Waals surface area contributed by atoms with Crippen LogP contribution in [-0.2, 0) is 4.79 Å². The highest BCUT2D eigenvalue weighted by Gasteiger charge is 2.19. The number of hydrogen-bond acceptors (Lipinski definition) is 7. The van der Waals surface area contributed by atoms with Crippen LogP contribution in [0.15, 0.2) is 96.1 Å². The smallest absolute Gasteiger partial charge is 0.343 e. The molecule has 4 aromatic carbocycles. The summed E-state index contributed by atoms with van der Waals surface area (Å²) >= 11 is 0. The van der Waals surface area contributed by atoms with Gasteiger partial charge in [0.05, 0.1) is 18.9 Å². The molecule has 0 aliphatic rings. The lowest BCUT2D eigenvalue weighted by atomic mass is 10.0. The molecular weight excluding hydrogens is 534 g/mol. The van der Waals surface area contributed by atoms with Crippen molar-refractivity contribution in [3.63, 3.8) is 0 Å². The first-order valence-corrected chi connectivity index (χ1v) is 13.0. The lowest BCUT2D eigenvalue weighted by Gasteiger charge is -2.11. The van der Waals surface area contributed by atoms with Crippen molar-refractivity contribution >= 4 is 35.0 Å². The van der Waals surface area contributed by atoms with E-state index in [0.29, 0.717) is 11.3 Å². The van der Waals surface area contributed by atoms with Crippen molar-refractivity contribution < 1.29 is 28.6 Å². The minimum absolute atomic E-state index is 0.185. The van der Waals surface area contributed by atoms with Crippen molar-refractivity contribution in [2.45, 2.75) is 13.8 Å². The van der Waals surface area contributed by atoms with Crippen LogP contribution >= 0.6 is 0 Å². The Labute approximate surface area is 241 Å². The number of nitrogens with one attached hydrogen (secondary N) is 2. The van der Waals surface area contributed by atoms with E-state index in [1.165, 1.54) is 38.4 Å². The van der Waals surface area contributed by atoms with Gasteiger partial charge >= 0.3 is 11.9 Å². The molecule has 0 bridgehead atoms. The number of amides is 1. The molecular formula is C33H27N3O6.